The standard InChI is InChI=1S/C16H15N5O/c22-16(17-11-13-7-3-1-4-8-13)15-18-19-20-21(15)12-14-9-5-2-6-10-14/h1-10H,11-12H2,(H,17,22). The van der Waals surface area contributed by atoms with Crippen molar-refractivity contribution < 1.29 is 4.79 Å². The van der Waals surface area contributed by atoms with E-state index < -0.39 is 0 Å². The summed E-state index contributed by atoms with van der Waals surface area (Å²) >= 11 is 0. The zero-order chi connectivity index (χ0) is 15.2. The number of carbonyl (C=O) groups excluding carboxylic acids is 1. The lowest BCUT2D eigenvalue weighted by atomic mass is 10.2. The minimum absolute atomic E-state index is 0.208. The molecule has 0 aliphatic rings. The van der Waals surface area contributed by atoms with Crippen molar-refractivity contribution in [3.05, 3.63) is 77.6 Å². The Balaban J connectivity index is 1.67. The highest BCUT2D eigenvalue weighted by atomic mass is 16.2. The van der Waals surface area contributed by atoms with Crippen molar-refractivity contribution in [3.63, 3.8) is 0 Å². The molecule has 0 fully saturated rings. The minimum Gasteiger partial charge on any atom is -0.345 e. The summed E-state index contributed by atoms with van der Waals surface area (Å²) in [6.07, 6.45) is 0. The number of amides is 1. The molecule has 110 valence electrons. The maximum absolute atomic E-state index is 12.2. The molecule has 0 aliphatic heterocycles. The number of hydrogen-bond acceptors (Lipinski definition) is 4. The molecule has 0 bridgehead atoms. The molecule has 0 saturated heterocycles. The van der Waals surface area contributed by atoms with Gasteiger partial charge in [0.05, 0.1) is 6.54 Å². The van der Waals surface area contributed by atoms with Crippen LogP contribution in [-0.2, 0) is 13.1 Å². The fraction of sp³-hybridized carbons (Fsp3) is 0.125. The summed E-state index contributed by atoms with van der Waals surface area (Å²) in [5.74, 6) is -0.0791. The first-order valence-corrected chi connectivity index (χ1v) is 6.95. The molecule has 22 heavy (non-hydrogen) atoms. The molecular weight excluding hydrogens is 278 g/mol. The molecule has 0 atom stereocenters. The van der Waals surface area contributed by atoms with Crippen molar-refractivity contribution in [3.8, 4) is 0 Å². The summed E-state index contributed by atoms with van der Waals surface area (Å²) in [5, 5.41) is 14.1. The van der Waals surface area contributed by atoms with E-state index in [1.807, 2.05) is 60.7 Å². The molecule has 1 aromatic heterocycles. The van der Waals surface area contributed by atoms with Crippen LogP contribution < -0.4 is 5.32 Å². The van der Waals surface area contributed by atoms with Crippen LogP contribution in [0.4, 0.5) is 0 Å². The Morgan fingerprint density at radius 3 is 2.27 bits per heavy atom. The lowest BCUT2D eigenvalue weighted by Crippen LogP contribution is -2.26. The Kier molecular flexibility index (Phi) is 4.20. The molecule has 1 heterocycles. The van der Waals surface area contributed by atoms with Crippen LogP contribution in [0, 0.1) is 0 Å². The highest BCUT2D eigenvalue weighted by molar-refractivity contribution is 5.90. The topological polar surface area (TPSA) is 72.7 Å². The van der Waals surface area contributed by atoms with E-state index in [-0.39, 0.29) is 11.7 Å². The van der Waals surface area contributed by atoms with Gasteiger partial charge in [-0.15, -0.1) is 5.10 Å². The molecule has 6 nitrogen and oxygen atoms in total. The molecule has 2 aromatic carbocycles. The van der Waals surface area contributed by atoms with Crippen LogP contribution in [0.2, 0.25) is 0 Å². The molecular formula is C16H15N5O. The lowest BCUT2D eigenvalue weighted by molar-refractivity contribution is 0.0935. The van der Waals surface area contributed by atoms with Gasteiger partial charge in [0.1, 0.15) is 0 Å². The van der Waals surface area contributed by atoms with Gasteiger partial charge in [0, 0.05) is 6.54 Å². The van der Waals surface area contributed by atoms with Gasteiger partial charge >= 0.3 is 0 Å². The predicted molar refractivity (Wildman–Crippen MR) is 81.0 cm³/mol. The fourth-order valence-electron chi connectivity index (χ4n) is 2.09. The average Bonchev–Trinajstić information content (AvgIpc) is 3.03. The third-order valence-corrected chi connectivity index (χ3v) is 3.21. The monoisotopic (exact) mass is 293 g/mol. The first-order chi connectivity index (χ1) is 10.8. The number of aromatic nitrogens is 4. The molecule has 0 spiro atoms. The molecule has 0 aliphatic carbocycles. The number of hydrogen-bond donors (Lipinski definition) is 1. The quantitative estimate of drug-likeness (QED) is 0.776. The van der Waals surface area contributed by atoms with Crippen LogP contribution >= 0.6 is 0 Å². The summed E-state index contributed by atoms with van der Waals surface area (Å²) in [6.45, 7) is 0.903. The maximum Gasteiger partial charge on any atom is 0.291 e. The molecule has 6 heteroatoms. The number of nitrogens with one attached hydrogen (secondary N) is 1. The average molecular weight is 293 g/mol. The number of rotatable bonds is 5. The molecule has 3 rings (SSSR count). The van der Waals surface area contributed by atoms with Gasteiger partial charge in [0.15, 0.2) is 0 Å². The normalized spacial score (nSPS) is 10.4. The Labute approximate surface area is 127 Å². The zero-order valence-electron chi connectivity index (χ0n) is 11.9. The summed E-state index contributed by atoms with van der Waals surface area (Å²) in [5.41, 5.74) is 2.06. The van der Waals surface area contributed by atoms with E-state index >= 15 is 0 Å². The van der Waals surface area contributed by atoms with Crippen molar-refractivity contribution in [1.82, 2.24) is 25.5 Å². The Bertz CT molecular complexity index is 739. The largest absolute Gasteiger partial charge is 0.345 e. The van der Waals surface area contributed by atoms with Crippen LogP contribution in [0.5, 0.6) is 0 Å². The smallest absolute Gasteiger partial charge is 0.291 e. The van der Waals surface area contributed by atoms with Crippen molar-refractivity contribution in [2.24, 2.45) is 0 Å². The second-order valence-corrected chi connectivity index (χ2v) is 4.81. The van der Waals surface area contributed by atoms with Gasteiger partial charge in [-0.05, 0) is 21.6 Å². The van der Waals surface area contributed by atoms with E-state index in [1.54, 1.807) is 0 Å². The Morgan fingerprint density at radius 1 is 0.955 bits per heavy atom. The Hall–Kier alpha value is -3.02. The van der Waals surface area contributed by atoms with E-state index in [9.17, 15) is 4.79 Å². The van der Waals surface area contributed by atoms with E-state index in [0.717, 1.165) is 11.1 Å². The highest BCUT2D eigenvalue weighted by Gasteiger charge is 2.15. The predicted octanol–water partition coefficient (Wildman–Crippen LogP) is 1.65. The Morgan fingerprint density at radius 2 is 1.59 bits per heavy atom. The molecule has 1 amide bonds. The van der Waals surface area contributed by atoms with Crippen LogP contribution in [0.15, 0.2) is 60.7 Å². The first kappa shape index (κ1) is 13.9. The third-order valence-electron chi connectivity index (χ3n) is 3.21. The second-order valence-electron chi connectivity index (χ2n) is 4.81. The lowest BCUT2D eigenvalue weighted by Gasteiger charge is -2.06. The number of nitrogens with zero attached hydrogens (tertiary/aromatic N) is 4. The molecule has 0 radical (unpaired) electrons. The van der Waals surface area contributed by atoms with Crippen molar-refractivity contribution in [2.75, 3.05) is 0 Å². The van der Waals surface area contributed by atoms with Gasteiger partial charge in [-0.1, -0.05) is 60.7 Å². The summed E-state index contributed by atoms with van der Waals surface area (Å²) in [4.78, 5) is 12.2. The van der Waals surface area contributed by atoms with Crippen molar-refractivity contribution in [1.29, 1.82) is 0 Å². The number of benzene rings is 2. The highest BCUT2D eigenvalue weighted by Crippen LogP contribution is 2.03. The van der Waals surface area contributed by atoms with E-state index in [0.29, 0.717) is 13.1 Å². The van der Waals surface area contributed by atoms with Gasteiger partial charge in [0.2, 0.25) is 5.82 Å². The second kappa shape index (κ2) is 6.62. The zero-order valence-corrected chi connectivity index (χ0v) is 11.9. The molecule has 3 aromatic rings. The number of carbonyl (C=O) groups is 1. The van der Waals surface area contributed by atoms with Crippen molar-refractivity contribution >= 4 is 5.91 Å². The van der Waals surface area contributed by atoms with Gasteiger partial charge in [-0.3, -0.25) is 4.79 Å². The molecule has 0 unspecified atom stereocenters. The third kappa shape index (κ3) is 3.35. The van der Waals surface area contributed by atoms with Crippen LogP contribution in [-0.4, -0.2) is 26.1 Å². The van der Waals surface area contributed by atoms with Crippen LogP contribution in [0.1, 0.15) is 21.7 Å². The minimum atomic E-state index is -0.287. The SMILES string of the molecule is O=C(NCc1ccccc1)c1nnnn1Cc1ccccc1. The fourth-order valence-corrected chi connectivity index (χ4v) is 2.09. The molecule has 0 saturated carbocycles. The van der Waals surface area contributed by atoms with E-state index in [4.69, 9.17) is 0 Å². The first-order valence-electron chi connectivity index (χ1n) is 6.95. The summed E-state index contributed by atoms with van der Waals surface area (Å²) in [7, 11) is 0. The van der Waals surface area contributed by atoms with Crippen LogP contribution in [0.25, 0.3) is 0 Å². The van der Waals surface area contributed by atoms with Gasteiger partial charge in [0.25, 0.3) is 5.91 Å². The maximum atomic E-state index is 12.2. The van der Waals surface area contributed by atoms with Gasteiger partial charge in [-0.2, -0.15) is 0 Å². The van der Waals surface area contributed by atoms with Gasteiger partial charge < -0.3 is 5.32 Å². The van der Waals surface area contributed by atoms with E-state index in [1.165, 1.54) is 4.68 Å². The van der Waals surface area contributed by atoms with Crippen molar-refractivity contribution in [2.45, 2.75) is 13.1 Å². The summed E-state index contributed by atoms with van der Waals surface area (Å²) < 4.78 is 1.50. The molecule has 1 N–H and O–H groups in total. The van der Waals surface area contributed by atoms with Crippen LogP contribution in [0.3, 0.4) is 0 Å². The van der Waals surface area contributed by atoms with Gasteiger partial charge in [-0.25, -0.2) is 4.68 Å². The summed E-state index contributed by atoms with van der Waals surface area (Å²) in [6, 6.07) is 19.5. The number of tetrazole rings is 1. The van der Waals surface area contributed by atoms with E-state index in [2.05, 4.69) is 20.8 Å².